The van der Waals surface area contributed by atoms with Crippen LogP contribution >= 0.6 is 0 Å². The molecular weight excluding hydrogens is 216 g/mol. The van der Waals surface area contributed by atoms with Crippen LogP contribution in [0.2, 0.25) is 0 Å². The van der Waals surface area contributed by atoms with Crippen molar-refractivity contribution in [1.29, 1.82) is 0 Å². The maximum atomic E-state index is 11.5. The number of methoxy groups -OCH3 is 1. The predicted molar refractivity (Wildman–Crippen MR) is 71.4 cm³/mol. The van der Waals surface area contributed by atoms with Crippen molar-refractivity contribution < 1.29 is 11.0 Å². The number of ether oxygens (including phenoxy) is 1. The highest BCUT2D eigenvalue weighted by molar-refractivity contribution is 5.92. The standard InChI is InChI=1S/C11H14N2O2.C2H6.H2/c1-3-4-6-13-11(14)10-8-9(15-2)5-7-12-10;1-2;/h3-5,7-8H,6H2,1-2H3,(H,13,14);1-2H3;1H/b4-3+;;. The molecule has 0 bridgehead atoms. The molecule has 0 atom stereocenters. The fraction of sp³-hybridized carbons (Fsp3) is 0.385. The van der Waals surface area contributed by atoms with Crippen molar-refractivity contribution in [2.24, 2.45) is 0 Å². The second kappa shape index (κ2) is 9.39. The summed E-state index contributed by atoms with van der Waals surface area (Å²) in [4.78, 5) is 15.5. The highest BCUT2D eigenvalue weighted by Crippen LogP contribution is 2.09. The monoisotopic (exact) mass is 238 g/mol. The van der Waals surface area contributed by atoms with E-state index in [9.17, 15) is 4.79 Å². The number of carbonyl (C=O) groups is 1. The summed E-state index contributed by atoms with van der Waals surface area (Å²) in [6.45, 7) is 6.41. The van der Waals surface area contributed by atoms with Crippen LogP contribution in [-0.4, -0.2) is 24.5 Å². The third-order valence-electron chi connectivity index (χ3n) is 1.82. The second-order valence-electron chi connectivity index (χ2n) is 2.86. The number of hydrogen-bond acceptors (Lipinski definition) is 3. The molecule has 0 aliphatic carbocycles. The van der Waals surface area contributed by atoms with Gasteiger partial charge in [-0.2, -0.15) is 0 Å². The van der Waals surface area contributed by atoms with E-state index in [1.54, 1.807) is 25.4 Å². The van der Waals surface area contributed by atoms with Gasteiger partial charge in [-0.3, -0.25) is 9.78 Å². The second-order valence-corrected chi connectivity index (χ2v) is 2.86. The van der Waals surface area contributed by atoms with Crippen molar-refractivity contribution in [3.05, 3.63) is 36.2 Å². The summed E-state index contributed by atoms with van der Waals surface area (Å²) in [6.07, 6.45) is 5.28. The quantitative estimate of drug-likeness (QED) is 0.820. The van der Waals surface area contributed by atoms with Crippen molar-refractivity contribution in [3.8, 4) is 5.75 Å². The molecule has 1 amide bonds. The van der Waals surface area contributed by atoms with E-state index in [0.29, 0.717) is 18.0 Å². The zero-order chi connectivity index (χ0) is 13.1. The number of carbonyl (C=O) groups excluding carboxylic acids is 1. The van der Waals surface area contributed by atoms with Crippen LogP contribution in [0.5, 0.6) is 5.75 Å². The molecule has 1 heterocycles. The average molecular weight is 238 g/mol. The van der Waals surface area contributed by atoms with E-state index >= 15 is 0 Å². The first kappa shape index (κ1) is 15.2. The first-order chi connectivity index (χ1) is 8.27. The van der Waals surface area contributed by atoms with Gasteiger partial charge in [0.25, 0.3) is 5.91 Å². The van der Waals surface area contributed by atoms with Gasteiger partial charge in [-0.25, -0.2) is 0 Å². The molecule has 1 N–H and O–H groups in total. The Morgan fingerprint density at radius 1 is 1.59 bits per heavy atom. The molecule has 0 radical (unpaired) electrons. The molecule has 1 aromatic heterocycles. The minimum Gasteiger partial charge on any atom is -0.497 e. The lowest BCUT2D eigenvalue weighted by molar-refractivity contribution is 0.0952. The van der Waals surface area contributed by atoms with Crippen LogP contribution in [0.25, 0.3) is 0 Å². The molecule has 0 spiro atoms. The Kier molecular flexibility index (Phi) is 8.37. The highest BCUT2D eigenvalue weighted by atomic mass is 16.5. The molecule has 17 heavy (non-hydrogen) atoms. The lowest BCUT2D eigenvalue weighted by Crippen LogP contribution is -2.24. The molecule has 4 heteroatoms. The maximum Gasteiger partial charge on any atom is 0.270 e. The fourth-order valence-electron chi connectivity index (χ4n) is 1.02. The Balaban J connectivity index is 0. The van der Waals surface area contributed by atoms with Crippen molar-refractivity contribution in [3.63, 3.8) is 0 Å². The summed E-state index contributed by atoms with van der Waals surface area (Å²) in [7, 11) is 1.55. The predicted octanol–water partition coefficient (Wildman–Crippen LogP) is 2.67. The van der Waals surface area contributed by atoms with E-state index in [-0.39, 0.29) is 7.33 Å². The minimum atomic E-state index is -0.202. The van der Waals surface area contributed by atoms with Gasteiger partial charge in [-0.1, -0.05) is 26.0 Å². The minimum absolute atomic E-state index is 0. The van der Waals surface area contributed by atoms with Gasteiger partial charge >= 0.3 is 0 Å². The number of allylic oxidation sites excluding steroid dienone is 1. The molecule has 0 saturated carbocycles. The van der Waals surface area contributed by atoms with Gasteiger partial charge in [0, 0.05) is 20.2 Å². The van der Waals surface area contributed by atoms with Crippen molar-refractivity contribution >= 4 is 5.91 Å². The number of pyridine rings is 1. The zero-order valence-electron chi connectivity index (χ0n) is 10.9. The third kappa shape index (κ3) is 5.70. The van der Waals surface area contributed by atoms with E-state index < -0.39 is 0 Å². The lowest BCUT2D eigenvalue weighted by atomic mass is 10.3. The average Bonchev–Trinajstić information content (AvgIpc) is 2.41. The molecule has 0 fully saturated rings. The van der Waals surface area contributed by atoms with Gasteiger partial charge in [-0.15, -0.1) is 0 Å². The molecule has 0 aliphatic rings. The van der Waals surface area contributed by atoms with Gasteiger partial charge in [0.2, 0.25) is 0 Å². The Hall–Kier alpha value is -1.84. The summed E-state index contributed by atoms with van der Waals surface area (Å²) >= 11 is 0. The number of rotatable bonds is 4. The number of amides is 1. The Labute approximate surface area is 104 Å². The summed E-state index contributed by atoms with van der Waals surface area (Å²) in [5.74, 6) is 0.424. The first-order valence-electron chi connectivity index (χ1n) is 5.67. The van der Waals surface area contributed by atoms with Gasteiger partial charge in [-0.05, 0) is 13.0 Å². The van der Waals surface area contributed by atoms with Crippen LogP contribution in [0, 0.1) is 0 Å². The third-order valence-corrected chi connectivity index (χ3v) is 1.82. The van der Waals surface area contributed by atoms with Crippen molar-refractivity contribution in [1.82, 2.24) is 10.3 Å². The van der Waals surface area contributed by atoms with E-state index in [2.05, 4.69) is 10.3 Å². The number of nitrogens with one attached hydrogen (secondary N) is 1. The van der Waals surface area contributed by atoms with Crippen LogP contribution in [0.3, 0.4) is 0 Å². The van der Waals surface area contributed by atoms with E-state index in [0.717, 1.165) is 0 Å². The van der Waals surface area contributed by atoms with Gasteiger partial charge in [0.05, 0.1) is 7.11 Å². The Morgan fingerprint density at radius 3 is 2.88 bits per heavy atom. The first-order valence-corrected chi connectivity index (χ1v) is 5.67. The van der Waals surface area contributed by atoms with Crippen LogP contribution in [0.15, 0.2) is 30.5 Å². The molecule has 1 aromatic rings. The summed E-state index contributed by atoms with van der Waals surface area (Å²) in [5, 5.41) is 2.71. The van der Waals surface area contributed by atoms with Gasteiger partial charge in [0.15, 0.2) is 0 Å². The fourth-order valence-corrected chi connectivity index (χ4v) is 1.02. The van der Waals surface area contributed by atoms with Gasteiger partial charge in [0.1, 0.15) is 11.4 Å². The molecule has 0 unspecified atom stereocenters. The lowest BCUT2D eigenvalue weighted by Gasteiger charge is -2.03. The van der Waals surface area contributed by atoms with Crippen LogP contribution in [0.1, 0.15) is 32.7 Å². The SMILES string of the molecule is C/C=C/CNC(=O)c1cc(OC)ccn1.CC.[HH]. The van der Waals surface area contributed by atoms with Crippen molar-refractivity contribution in [2.45, 2.75) is 20.8 Å². The van der Waals surface area contributed by atoms with Crippen LogP contribution < -0.4 is 10.1 Å². The zero-order valence-corrected chi connectivity index (χ0v) is 10.9. The summed E-state index contributed by atoms with van der Waals surface area (Å²) in [5.41, 5.74) is 0.360. The molecule has 1 rings (SSSR count). The van der Waals surface area contributed by atoms with E-state index in [1.807, 2.05) is 32.9 Å². The van der Waals surface area contributed by atoms with Crippen molar-refractivity contribution in [2.75, 3.05) is 13.7 Å². The highest BCUT2D eigenvalue weighted by Gasteiger charge is 2.06. The summed E-state index contributed by atoms with van der Waals surface area (Å²) < 4.78 is 5.00. The molecule has 0 aliphatic heterocycles. The number of aromatic nitrogens is 1. The largest absolute Gasteiger partial charge is 0.497 e. The normalized spacial score (nSPS) is 9.41. The molecule has 0 saturated heterocycles. The van der Waals surface area contributed by atoms with E-state index in [1.165, 1.54) is 0 Å². The smallest absolute Gasteiger partial charge is 0.270 e. The molecular formula is C13H22N2O2. The van der Waals surface area contributed by atoms with E-state index in [4.69, 9.17) is 4.74 Å². The Morgan fingerprint density at radius 2 is 2.29 bits per heavy atom. The molecule has 4 nitrogen and oxygen atoms in total. The Bertz CT molecular complexity index is 368. The van der Waals surface area contributed by atoms with Crippen LogP contribution in [-0.2, 0) is 0 Å². The molecule has 96 valence electrons. The topological polar surface area (TPSA) is 51.2 Å². The number of nitrogens with zero attached hydrogens (tertiary/aromatic N) is 1. The summed E-state index contributed by atoms with van der Waals surface area (Å²) in [6, 6.07) is 3.30. The number of hydrogen-bond donors (Lipinski definition) is 1. The van der Waals surface area contributed by atoms with Crippen LogP contribution in [0.4, 0.5) is 0 Å². The maximum absolute atomic E-state index is 11.5. The van der Waals surface area contributed by atoms with Gasteiger partial charge < -0.3 is 10.1 Å². The molecule has 0 aromatic carbocycles.